The quantitative estimate of drug-likeness (QED) is 0.368. The Labute approximate surface area is 68.0 Å². The molecule has 12 heavy (non-hydrogen) atoms. The molecular weight excluding hydrogens is 171 g/mol. The van der Waals surface area contributed by atoms with E-state index in [0.717, 1.165) is 0 Å². The van der Waals surface area contributed by atoms with Gasteiger partial charge in [0.2, 0.25) is 0 Å². The van der Waals surface area contributed by atoms with Crippen molar-refractivity contribution < 1.29 is 29.6 Å². The van der Waals surface area contributed by atoms with E-state index in [1.165, 1.54) is 0 Å². The van der Waals surface area contributed by atoms with Crippen LogP contribution in [0, 0.1) is 0 Å². The van der Waals surface area contributed by atoms with Gasteiger partial charge in [0.25, 0.3) is 0 Å². The summed E-state index contributed by atoms with van der Waals surface area (Å²) in [5.74, 6) is 0. The highest BCUT2D eigenvalue weighted by molar-refractivity contribution is 4.88. The van der Waals surface area contributed by atoms with Crippen molar-refractivity contribution >= 4 is 0 Å². The number of aliphatic hydroxyl groups excluding tert-OH is 4. The second kappa shape index (κ2) is 3.63. The van der Waals surface area contributed by atoms with Crippen molar-refractivity contribution in [3.8, 4) is 0 Å². The van der Waals surface area contributed by atoms with Gasteiger partial charge in [-0.15, -0.1) is 0 Å². The Balaban J connectivity index is 2.63. The normalized spacial score (nSPS) is 49.2. The first kappa shape index (κ1) is 9.82. The third-order valence-corrected chi connectivity index (χ3v) is 1.82. The fourth-order valence-corrected chi connectivity index (χ4v) is 1.06. The van der Waals surface area contributed by atoms with Crippen molar-refractivity contribution in [2.24, 2.45) is 0 Å². The van der Waals surface area contributed by atoms with Gasteiger partial charge in [0.1, 0.15) is 18.3 Å². The van der Waals surface area contributed by atoms with E-state index in [0.29, 0.717) is 0 Å². The number of aliphatic hydroxyl groups is 4. The fourth-order valence-electron chi connectivity index (χ4n) is 1.06. The summed E-state index contributed by atoms with van der Waals surface area (Å²) in [4.78, 5) is 0. The summed E-state index contributed by atoms with van der Waals surface area (Å²) in [5, 5.41) is 35.3. The van der Waals surface area contributed by atoms with Crippen LogP contribution < -0.4 is 0 Å². The smallest absolute Gasteiger partial charge is 0.189 e. The maximum atomic E-state index is 12.7. The first-order chi connectivity index (χ1) is 5.57. The second-order valence-corrected chi connectivity index (χ2v) is 2.67. The van der Waals surface area contributed by atoms with E-state index < -0.39 is 37.4 Å². The maximum absolute atomic E-state index is 12.7. The number of alkyl halides is 1. The predicted octanol–water partition coefficient (Wildman–Crippen LogP) is -2.24. The first-order valence-corrected chi connectivity index (χ1v) is 3.52. The minimum atomic E-state index is -2.04. The zero-order valence-electron chi connectivity index (χ0n) is 6.17. The van der Waals surface area contributed by atoms with Crippen molar-refractivity contribution in [1.29, 1.82) is 0 Å². The number of halogens is 1. The summed E-state index contributed by atoms with van der Waals surface area (Å²) in [6.45, 7) is -0.581. The van der Waals surface area contributed by atoms with Gasteiger partial charge in [-0.25, -0.2) is 4.39 Å². The van der Waals surface area contributed by atoms with Crippen molar-refractivity contribution in [2.45, 2.75) is 30.8 Å². The molecule has 6 heteroatoms. The second-order valence-electron chi connectivity index (χ2n) is 2.67. The van der Waals surface area contributed by atoms with Gasteiger partial charge < -0.3 is 25.2 Å². The monoisotopic (exact) mass is 182 g/mol. The molecule has 0 spiro atoms. The molecule has 5 atom stereocenters. The molecule has 1 aliphatic rings. The molecule has 1 heterocycles. The maximum Gasteiger partial charge on any atom is 0.189 e. The van der Waals surface area contributed by atoms with E-state index in [1.54, 1.807) is 0 Å². The third kappa shape index (κ3) is 1.57. The minimum absolute atomic E-state index is 0.581. The Morgan fingerprint density at radius 2 is 1.75 bits per heavy atom. The van der Waals surface area contributed by atoms with Crippen LogP contribution in [0.2, 0.25) is 0 Å². The SMILES string of the molecule is OCC1O[C@H](O)[C@@H](F)[C@@H](O)[C@@H]1O. The molecule has 0 aromatic rings. The van der Waals surface area contributed by atoms with Gasteiger partial charge in [-0.3, -0.25) is 0 Å². The molecular formula is C6H11FO5. The van der Waals surface area contributed by atoms with Gasteiger partial charge in [0.15, 0.2) is 12.5 Å². The van der Waals surface area contributed by atoms with Crippen LogP contribution in [0.15, 0.2) is 0 Å². The van der Waals surface area contributed by atoms with Crippen molar-refractivity contribution in [3.05, 3.63) is 0 Å². The summed E-state index contributed by atoms with van der Waals surface area (Å²) in [5.41, 5.74) is 0. The highest BCUT2D eigenvalue weighted by Gasteiger charge is 2.43. The molecule has 0 saturated carbocycles. The molecule has 0 aliphatic carbocycles. The Morgan fingerprint density at radius 1 is 1.17 bits per heavy atom. The van der Waals surface area contributed by atoms with E-state index in [-0.39, 0.29) is 0 Å². The molecule has 0 bridgehead atoms. The molecule has 1 saturated heterocycles. The third-order valence-electron chi connectivity index (χ3n) is 1.82. The first-order valence-electron chi connectivity index (χ1n) is 3.52. The fraction of sp³-hybridized carbons (Fsp3) is 1.00. The molecule has 1 rings (SSSR count). The van der Waals surface area contributed by atoms with Crippen LogP contribution in [0.25, 0.3) is 0 Å². The van der Waals surface area contributed by atoms with Gasteiger partial charge in [-0.2, -0.15) is 0 Å². The number of rotatable bonds is 1. The van der Waals surface area contributed by atoms with Crippen molar-refractivity contribution in [3.63, 3.8) is 0 Å². The van der Waals surface area contributed by atoms with Gasteiger partial charge in [0.05, 0.1) is 6.61 Å². The van der Waals surface area contributed by atoms with Crippen LogP contribution in [-0.2, 0) is 4.74 Å². The molecule has 0 radical (unpaired) electrons. The lowest BCUT2D eigenvalue weighted by Gasteiger charge is -2.36. The van der Waals surface area contributed by atoms with E-state index in [4.69, 9.17) is 20.4 Å². The largest absolute Gasteiger partial charge is 0.394 e. The Hall–Kier alpha value is -0.270. The van der Waals surface area contributed by atoms with Gasteiger partial charge in [-0.1, -0.05) is 0 Å². The number of hydrogen-bond donors (Lipinski definition) is 4. The standard InChI is InChI=1S/C6H11FO5/c7-3-5(10)4(9)2(1-8)12-6(3)11/h2-6,8-11H,1H2/t2?,3-,4+,5+,6-/m0/s1. The predicted molar refractivity (Wildman–Crippen MR) is 34.9 cm³/mol. The van der Waals surface area contributed by atoms with Crippen molar-refractivity contribution in [2.75, 3.05) is 6.61 Å². The number of ether oxygens (including phenoxy) is 1. The minimum Gasteiger partial charge on any atom is -0.394 e. The lowest BCUT2D eigenvalue weighted by atomic mass is 10.0. The van der Waals surface area contributed by atoms with E-state index in [2.05, 4.69) is 4.74 Å². The Bertz CT molecular complexity index is 150. The molecule has 72 valence electrons. The van der Waals surface area contributed by atoms with Crippen LogP contribution in [-0.4, -0.2) is 57.8 Å². The van der Waals surface area contributed by atoms with E-state index >= 15 is 0 Å². The lowest BCUT2D eigenvalue weighted by molar-refractivity contribution is -0.271. The molecule has 5 nitrogen and oxygen atoms in total. The van der Waals surface area contributed by atoms with Crippen LogP contribution in [0.4, 0.5) is 4.39 Å². The average Bonchev–Trinajstić information content (AvgIpc) is 2.08. The zero-order chi connectivity index (χ0) is 9.30. The number of hydrogen-bond acceptors (Lipinski definition) is 5. The van der Waals surface area contributed by atoms with Crippen molar-refractivity contribution in [1.82, 2.24) is 0 Å². The van der Waals surface area contributed by atoms with Gasteiger partial charge >= 0.3 is 0 Å². The Kier molecular flexibility index (Phi) is 2.97. The van der Waals surface area contributed by atoms with E-state index in [1.807, 2.05) is 0 Å². The van der Waals surface area contributed by atoms with Gasteiger partial charge in [-0.05, 0) is 0 Å². The highest BCUT2D eigenvalue weighted by Crippen LogP contribution is 2.21. The van der Waals surface area contributed by atoms with Crippen LogP contribution in [0.3, 0.4) is 0 Å². The van der Waals surface area contributed by atoms with Crippen LogP contribution >= 0.6 is 0 Å². The summed E-state index contributed by atoms with van der Waals surface area (Å²) in [6.07, 6.45) is -8.19. The van der Waals surface area contributed by atoms with E-state index in [9.17, 15) is 4.39 Å². The lowest BCUT2D eigenvalue weighted by Crippen LogP contribution is -2.56. The zero-order valence-corrected chi connectivity index (χ0v) is 6.17. The van der Waals surface area contributed by atoms with Gasteiger partial charge in [0, 0.05) is 0 Å². The molecule has 1 unspecified atom stereocenters. The summed E-state index contributed by atoms with van der Waals surface area (Å²) >= 11 is 0. The Morgan fingerprint density at radius 3 is 2.25 bits per heavy atom. The molecule has 1 fully saturated rings. The average molecular weight is 182 g/mol. The van der Waals surface area contributed by atoms with Crippen LogP contribution in [0.5, 0.6) is 0 Å². The molecule has 1 aliphatic heterocycles. The molecule has 0 aromatic heterocycles. The highest BCUT2D eigenvalue weighted by atomic mass is 19.1. The summed E-state index contributed by atoms with van der Waals surface area (Å²) < 4.78 is 17.1. The molecule has 0 aromatic carbocycles. The van der Waals surface area contributed by atoms with Crippen LogP contribution in [0.1, 0.15) is 0 Å². The molecule has 0 amide bonds. The summed E-state index contributed by atoms with van der Waals surface area (Å²) in [7, 11) is 0. The summed E-state index contributed by atoms with van der Waals surface area (Å²) in [6, 6.07) is 0. The topological polar surface area (TPSA) is 90.2 Å². The molecule has 4 N–H and O–H groups in total.